The van der Waals surface area contributed by atoms with E-state index >= 15 is 0 Å². The average molecular weight is 278 g/mol. The standard InChI is InChI=1S/C14H18N2O2S/c1-14(2,3)12-7-6-11(19-12)9-8-10(13(17)18-5)16(4)15-9/h6-8H,1-5H3. The molecule has 0 saturated heterocycles. The summed E-state index contributed by atoms with van der Waals surface area (Å²) >= 11 is 1.71. The molecule has 5 heteroatoms. The van der Waals surface area contributed by atoms with E-state index in [-0.39, 0.29) is 11.4 Å². The van der Waals surface area contributed by atoms with Gasteiger partial charge in [-0.1, -0.05) is 20.8 Å². The van der Waals surface area contributed by atoms with Gasteiger partial charge in [0, 0.05) is 11.9 Å². The summed E-state index contributed by atoms with van der Waals surface area (Å²) in [5.41, 5.74) is 1.40. The molecule has 2 aromatic rings. The van der Waals surface area contributed by atoms with Crippen molar-refractivity contribution in [1.29, 1.82) is 0 Å². The Morgan fingerprint density at radius 2 is 2.05 bits per heavy atom. The number of hydrogen-bond acceptors (Lipinski definition) is 4. The summed E-state index contributed by atoms with van der Waals surface area (Å²) in [4.78, 5) is 13.9. The molecule has 0 fully saturated rings. The van der Waals surface area contributed by atoms with Crippen molar-refractivity contribution in [2.24, 2.45) is 7.05 Å². The van der Waals surface area contributed by atoms with Crippen molar-refractivity contribution in [3.8, 4) is 10.6 Å². The zero-order valence-electron chi connectivity index (χ0n) is 11.9. The van der Waals surface area contributed by atoms with Crippen molar-refractivity contribution in [3.63, 3.8) is 0 Å². The number of hydrogen-bond donors (Lipinski definition) is 0. The van der Waals surface area contributed by atoms with Crippen molar-refractivity contribution >= 4 is 17.3 Å². The van der Waals surface area contributed by atoms with Crippen LogP contribution >= 0.6 is 11.3 Å². The summed E-state index contributed by atoms with van der Waals surface area (Å²) in [7, 11) is 3.12. The Balaban J connectivity index is 2.38. The number of rotatable bonds is 2. The molecule has 0 atom stereocenters. The maximum atomic E-state index is 11.6. The van der Waals surface area contributed by atoms with Gasteiger partial charge in [0.05, 0.1) is 12.0 Å². The minimum Gasteiger partial charge on any atom is -0.464 e. The van der Waals surface area contributed by atoms with Gasteiger partial charge in [-0.05, 0) is 23.6 Å². The fourth-order valence-corrected chi connectivity index (χ4v) is 2.78. The van der Waals surface area contributed by atoms with Crippen LogP contribution in [0.15, 0.2) is 18.2 Å². The van der Waals surface area contributed by atoms with Crippen molar-refractivity contribution in [2.75, 3.05) is 7.11 Å². The SMILES string of the molecule is COC(=O)c1cc(-c2ccc(C(C)(C)C)s2)nn1C. The normalized spacial score (nSPS) is 11.6. The molecule has 2 rings (SSSR count). The van der Waals surface area contributed by atoms with Gasteiger partial charge in [0.15, 0.2) is 0 Å². The Morgan fingerprint density at radius 3 is 2.58 bits per heavy atom. The fourth-order valence-electron chi connectivity index (χ4n) is 1.76. The second-order valence-corrected chi connectivity index (χ2v) is 6.53. The largest absolute Gasteiger partial charge is 0.464 e. The third-order valence-electron chi connectivity index (χ3n) is 2.87. The molecule has 0 spiro atoms. The second kappa shape index (κ2) is 4.81. The van der Waals surface area contributed by atoms with E-state index in [1.54, 1.807) is 29.1 Å². The summed E-state index contributed by atoms with van der Waals surface area (Å²) in [5, 5.41) is 4.37. The van der Waals surface area contributed by atoms with E-state index < -0.39 is 0 Å². The lowest BCUT2D eigenvalue weighted by atomic mass is 9.95. The molecule has 0 aliphatic carbocycles. The molecule has 0 aromatic carbocycles. The molecule has 0 bridgehead atoms. The molecule has 0 unspecified atom stereocenters. The first-order chi connectivity index (χ1) is 8.82. The first kappa shape index (κ1) is 13.8. The number of carbonyl (C=O) groups is 1. The number of ether oxygens (including phenoxy) is 1. The van der Waals surface area contributed by atoms with Gasteiger partial charge in [-0.25, -0.2) is 4.79 Å². The van der Waals surface area contributed by atoms with Crippen LogP contribution < -0.4 is 0 Å². The lowest BCUT2D eigenvalue weighted by Gasteiger charge is -2.15. The quantitative estimate of drug-likeness (QED) is 0.792. The molecule has 2 aromatic heterocycles. The van der Waals surface area contributed by atoms with Crippen LogP contribution in [0.3, 0.4) is 0 Å². The smallest absolute Gasteiger partial charge is 0.356 e. The topological polar surface area (TPSA) is 44.1 Å². The Morgan fingerprint density at radius 1 is 1.37 bits per heavy atom. The van der Waals surface area contributed by atoms with Gasteiger partial charge in [-0.3, -0.25) is 4.68 Å². The number of esters is 1. The maximum absolute atomic E-state index is 11.6. The third kappa shape index (κ3) is 2.71. The van der Waals surface area contributed by atoms with Gasteiger partial charge in [0.25, 0.3) is 0 Å². The van der Waals surface area contributed by atoms with Crippen molar-refractivity contribution < 1.29 is 9.53 Å². The van der Waals surface area contributed by atoms with Crippen LogP contribution in [-0.2, 0) is 17.2 Å². The molecule has 0 N–H and O–H groups in total. The third-order valence-corrected chi connectivity index (χ3v) is 4.41. The first-order valence-corrected chi connectivity index (χ1v) is 6.87. The summed E-state index contributed by atoms with van der Waals surface area (Å²) in [5.74, 6) is -0.367. The molecule has 0 saturated carbocycles. The average Bonchev–Trinajstić information content (AvgIpc) is 2.93. The zero-order valence-corrected chi connectivity index (χ0v) is 12.7. The minimum absolute atomic E-state index is 0.128. The maximum Gasteiger partial charge on any atom is 0.356 e. The molecular weight excluding hydrogens is 260 g/mol. The minimum atomic E-state index is -0.367. The van der Waals surface area contributed by atoms with Crippen molar-refractivity contribution in [3.05, 3.63) is 28.8 Å². The highest BCUT2D eigenvalue weighted by Gasteiger charge is 2.19. The van der Waals surface area contributed by atoms with Crippen LogP contribution in [0.4, 0.5) is 0 Å². The van der Waals surface area contributed by atoms with Crippen LogP contribution in [0.25, 0.3) is 10.6 Å². The number of aryl methyl sites for hydroxylation is 1. The Bertz CT molecular complexity index is 605. The monoisotopic (exact) mass is 278 g/mol. The number of methoxy groups -OCH3 is 1. The van der Waals surface area contributed by atoms with Crippen LogP contribution in [0.2, 0.25) is 0 Å². The van der Waals surface area contributed by atoms with Gasteiger partial charge in [-0.2, -0.15) is 5.10 Å². The molecule has 4 nitrogen and oxygen atoms in total. The van der Waals surface area contributed by atoms with Crippen LogP contribution in [-0.4, -0.2) is 22.9 Å². The van der Waals surface area contributed by atoms with Gasteiger partial charge in [0.2, 0.25) is 0 Å². The van der Waals surface area contributed by atoms with Gasteiger partial charge in [0.1, 0.15) is 11.4 Å². The molecule has 2 heterocycles. The molecule has 0 amide bonds. The van der Waals surface area contributed by atoms with E-state index in [4.69, 9.17) is 4.74 Å². The summed E-state index contributed by atoms with van der Waals surface area (Å²) in [6, 6.07) is 5.94. The number of aromatic nitrogens is 2. The number of carbonyl (C=O) groups excluding carboxylic acids is 1. The number of nitrogens with zero attached hydrogens (tertiary/aromatic N) is 2. The highest BCUT2D eigenvalue weighted by Crippen LogP contribution is 2.34. The Labute approximate surface area is 117 Å². The lowest BCUT2D eigenvalue weighted by Crippen LogP contribution is -2.07. The van der Waals surface area contributed by atoms with Crippen molar-refractivity contribution in [2.45, 2.75) is 26.2 Å². The fraction of sp³-hybridized carbons (Fsp3) is 0.429. The molecule has 102 valence electrons. The van der Waals surface area contributed by atoms with Gasteiger partial charge in [-0.15, -0.1) is 11.3 Å². The van der Waals surface area contributed by atoms with Crippen molar-refractivity contribution in [1.82, 2.24) is 9.78 Å². The van der Waals surface area contributed by atoms with E-state index in [1.165, 1.54) is 12.0 Å². The van der Waals surface area contributed by atoms with E-state index in [0.717, 1.165) is 10.6 Å². The van der Waals surface area contributed by atoms with Crippen LogP contribution in [0.1, 0.15) is 36.1 Å². The van der Waals surface area contributed by atoms with Crippen LogP contribution in [0, 0.1) is 0 Å². The van der Waals surface area contributed by atoms with E-state index in [1.807, 2.05) is 0 Å². The first-order valence-electron chi connectivity index (χ1n) is 6.06. The summed E-state index contributed by atoms with van der Waals surface area (Å²) in [6.07, 6.45) is 0. The predicted octanol–water partition coefficient (Wildman–Crippen LogP) is 3.23. The molecule has 0 radical (unpaired) electrons. The van der Waals surface area contributed by atoms with Gasteiger partial charge >= 0.3 is 5.97 Å². The summed E-state index contributed by atoms with van der Waals surface area (Å²) in [6.45, 7) is 6.54. The molecular formula is C14H18N2O2S. The highest BCUT2D eigenvalue weighted by molar-refractivity contribution is 7.15. The Hall–Kier alpha value is -1.62. The molecule has 0 aliphatic heterocycles. The van der Waals surface area contributed by atoms with E-state index in [2.05, 4.69) is 38.0 Å². The highest BCUT2D eigenvalue weighted by atomic mass is 32.1. The number of thiophene rings is 1. The zero-order chi connectivity index (χ0) is 14.2. The Kier molecular flexibility index (Phi) is 3.49. The predicted molar refractivity (Wildman–Crippen MR) is 76.6 cm³/mol. The molecule has 19 heavy (non-hydrogen) atoms. The lowest BCUT2D eigenvalue weighted by molar-refractivity contribution is 0.0588. The van der Waals surface area contributed by atoms with E-state index in [9.17, 15) is 4.79 Å². The molecule has 0 aliphatic rings. The van der Waals surface area contributed by atoms with Gasteiger partial charge < -0.3 is 4.74 Å². The van der Waals surface area contributed by atoms with Crippen LogP contribution in [0.5, 0.6) is 0 Å². The summed E-state index contributed by atoms with van der Waals surface area (Å²) < 4.78 is 6.28. The second-order valence-electron chi connectivity index (χ2n) is 5.44. The van der Waals surface area contributed by atoms with E-state index in [0.29, 0.717) is 5.69 Å².